The molecule has 0 saturated heterocycles. The number of benzene rings is 1. The third-order valence-corrected chi connectivity index (χ3v) is 2.67. The maximum absolute atomic E-state index is 12.6. The van der Waals surface area contributed by atoms with Gasteiger partial charge in [0.1, 0.15) is 11.6 Å². The molecule has 2 aromatic rings. The van der Waals surface area contributed by atoms with Crippen LogP contribution in [-0.2, 0) is 7.05 Å². The lowest BCUT2D eigenvalue weighted by atomic mass is 10.1. The third-order valence-electron chi connectivity index (χ3n) is 2.67. The largest absolute Gasteiger partial charge is 0.496 e. The van der Waals surface area contributed by atoms with E-state index in [-0.39, 0.29) is 5.56 Å². The number of nitrogens with zero attached hydrogens (tertiary/aromatic N) is 2. The summed E-state index contributed by atoms with van der Waals surface area (Å²) in [4.78, 5) is 0. The van der Waals surface area contributed by atoms with Crippen molar-refractivity contribution in [2.45, 2.75) is 6.43 Å². The second-order valence-corrected chi connectivity index (χ2v) is 3.84. The molecule has 18 heavy (non-hydrogen) atoms. The van der Waals surface area contributed by atoms with Crippen LogP contribution in [0.4, 0.5) is 14.6 Å². The first-order valence-corrected chi connectivity index (χ1v) is 5.29. The molecule has 1 heterocycles. The molecule has 0 amide bonds. The lowest BCUT2D eigenvalue weighted by Gasteiger charge is -2.08. The molecule has 0 aliphatic heterocycles. The van der Waals surface area contributed by atoms with Crippen LogP contribution in [-0.4, -0.2) is 16.9 Å². The van der Waals surface area contributed by atoms with Gasteiger partial charge in [-0.15, -0.1) is 0 Å². The van der Waals surface area contributed by atoms with Gasteiger partial charge >= 0.3 is 0 Å². The molecule has 0 atom stereocenters. The van der Waals surface area contributed by atoms with E-state index in [4.69, 9.17) is 10.5 Å². The highest BCUT2D eigenvalue weighted by molar-refractivity contribution is 5.69. The van der Waals surface area contributed by atoms with E-state index in [1.54, 1.807) is 19.2 Å². The standard InChI is InChI=1S/C12H13F2N3O/c1-17-11(15)6-9(16-17)8-4-3-7(12(13)14)5-10(8)18-2/h3-6,12H,15H2,1-2H3. The molecular formula is C12H13F2N3O. The van der Waals surface area contributed by atoms with Gasteiger partial charge in [0.05, 0.1) is 12.8 Å². The molecule has 1 aromatic heterocycles. The van der Waals surface area contributed by atoms with Crippen molar-refractivity contribution in [1.29, 1.82) is 0 Å². The fourth-order valence-electron chi connectivity index (χ4n) is 1.67. The van der Waals surface area contributed by atoms with Crippen LogP contribution < -0.4 is 10.5 Å². The number of aryl methyl sites for hydroxylation is 1. The third kappa shape index (κ3) is 2.13. The van der Waals surface area contributed by atoms with Gasteiger partial charge in [-0.25, -0.2) is 8.78 Å². The van der Waals surface area contributed by atoms with Crippen LogP contribution in [0.5, 0.6) is 5.75 Å². The second kappa shape index (κ2) is 4.64. The highest BCUT2D eigenvalue weighted by atomic mass is 19.3. The lowest BCUT2D eigenvalue weighted by molar-refractivity contribution is 0.151. The van der Waals surface area contributed by atoms with Crippen molar-refractivity contribution in [3.63, 3.8) is 0 Å². The monoisotopic (exact) mass is 253 g/mol. The molecule has 96 valence electrons. The van der Waals surface area contributed by atoms with Crippen molar-refractivity contribution in [2.24, 2.45) is 7.05 Å². The normalized spacial score (nSPS) is 10.9. The molecule has 0 aliphatic carbocycles. The Morgan fingerprint density at radius 2 is 2.06 bits per heavy atom. The van der Waals surface area contributed by atoms with Gasteiger partial charge in [-0.05, 0) is 12.1 Å². The second-order valence-electron chi connectivity index (χ2n) is 3.84. The number of methoxy groups -OCH3 is 1. The highest BCUT2D eigenvalue weighted by Gasteiger charge is 2.14. The lowest BCUT2D eigenvalue weighted by Crippen LogP contribution is -1.97. The molecule has 4 nitrogen and oxygen atoms in total. The summed E-state index contributed by atoms with van der Waals surface area (Å²) < 4.78 is 31.8. The number of rotatable bonds is 3. The average molecular weight is 253 g/mol. The molecule has 2 N–H and O–H groups in total. The highest BCUT2D eigenvalue weighted by Crippen LogP contribution is 2.33. The van der Waals surface area contributed by atoms with E-state index >= 15 is 0 Å². The van der Waals surface area contributed by atoms with Gasteiger partial charge in [-0.2, -0.15) is 5.10 Å². The minimum Gasteiger partial charge on any atom is -0.496 e. The fraction of sp³-hybridized carbons (Fsp3) is 0.250. The van der Waals surface area contributed by atoms with Gasteiger partial charge in [0.2, 0.25) is 0 Å². The summed E-state index contributed by atoms with van der Waals surface area (Å²) in [5, 5.41) is 4.19. The number of aromatic nitrogens is 2. The van der Waals surface area contributed by atoms with E-state index in [0.717, 1.165) is 0 Å². The zero-order chi connectivity index (χ0) is 13.3. The first kappa shape index (κ1) is 12.3. The Morgan fingerprint density at radius 3 is 2.56 bits per heavy atom. The Bertz CT molecular complexity index is 547. The molecule has 0 saturated carbocycles. The van der Waals surface area contributed by atoms with E-state index in [0.29, 0.717) is 22.8 Å². The van der Waals surface area contributed by atoms with Gasteiger partial charge < -0.3 is 10.5 Å². The molecular weight excluding hydrogens is 240 g/mol. The summed E-state index contributed by atoms with van der Waals surface area (Å²) in [5.41, 5.74) is 6.83. The van der Waals surface area contributed by atoms with Crippen molar-refractivity contribution in [3.05, 3.63) is 29.8 Å². The number of anilines is 1. The van der Waals surface area contributed by atoms with Crippen molar-refractivity contribution >= 4 is 5.82 Å². The molecule has 6 heteroatoms. The van der Waals surface area contributed by atoms with Crippen LogP contribution in [0, 0.1) is 0 Å². The van der Waals surface area contributed by atoms with E-state index < -0.39 is 6.43 Å². The molecule has 0 bridgehead atoms. The topological polar surface area (TPSA) is 53.1 Å². The Hall–Kier alpha value is -2.11. The summed E-state index contributed by atoms with van der Waals surface area (Å²) in [6.45, 7) is 0. The predicted molar refractivity (Wildman–Crippen MR) is 64.6 cm³/mol. The van der Waals surface area contributed by atoms with Gasteiger partial charge in [-0.1, -0.05) is 6.07 Å². The summed E-state index contributed by atoms with van der Waals surface area (Å²) >= 11 is 0. The van der Waals surface area contributed by atoms with Crippen LogP contribution in [0.3, 0.4) is 0 Å². The average Bonchev–Trinajstić information content (AvgIpc) is 2.68. The Balaban J connectivity index is 2.50. The van der Waals surface area contributed by atoms with E-state index in [1.165, 1.54) is 23.9 Å². The summed E-state index contributed by atoms with van der Waals surface area (Å²) in [6.07, 6.45) is -2.53. The Kier molecular flexibility index (Phi) is 3.18. The van der Waals surface area contributed by atoms with E-state index in [1.807, 2.05) is 0 Å². The Morgan fingerprint density at radius 1 is 1.33 bits per heavy atom. The molecule has 0 aliphatic rings. The quantitative estimate of drug-likeness (QED) is 0.914. The number of nitrogen functional groups attached to an aromatic ring is 1. The van der Waals surface area contributed by atoms with Gasteiger partial charge in [-0.3, -0.25) is 4.68 Å². The first-order valence-electron chi connectivity index (χ1n) is 5.29. The van der Waals surface area contributed by atoms with Crippen molar-refractivity contribution < 1.29 is 13.5 Å². The van der Waals surface area contributed by atoms with Crippen LogP contribution in [0.25, 0.3) is 11.3 Å². The van der Waals surface area contributed by atoms with E-state index in [2.05, 4.69) is 5.10 Å². The smallest absolute Gasteiger partial charge is 0.263 e. The van der Waals surface area contributed by atoms with Crippen LogP contribution in [0.2, 0.25) is 0 Å². The summed E-state index contributed by atoms with van der Waals surface area (Å²) in [6, 6.07) is 5.89. The SMILES string of the molecule is COc1cc(C(F)F)ccc1-c1cc(N)n(C)n1. The molecule has 0 spiro atoms. The van der Waals surface area contributed by atoms with Crippen molar-refractivity contribution in [2.75, 3.05) is 12.8 Å². The zero-order valence-electron chi connectivity index (χ0n) is 10.0. The number of nitrogens with two attached hydrogens (primary N) is 1. The maximum Gasteiger partial charge on any atom is 0.263 e. The summed E-state index contributed by atoms with van der Waals surface area (Å²) in [5.74, 6) is 0.843. The molecule has 0 radical (unpaired) electrons. The molecule has 1 aromatic carbocycles. The zero-order valence-corrected chi connectivity index (χ0v) is 10.0. The number of halogens is 2. The van der Waals surface area contributed by atoms with Crippen molar-refractivity contribution in [3.8, 4) is 17.0 Å². The first-order chi connectivity index (χ1) is 8.52. The fourth-order valence-corrected chi connectivity index (χ4v) is 1.67. The van der Waals surface area contributed by atoms with Crippen LogP contribution in [0.1, 0.15) is 12.0 Å². The van der Waals surface area contributed by atoms with Crippen LogP contribution in [0.15, 0.2) is 24.3 Å². The minimum atomic E-state index is -2.53. The number of hydrogen-bond donors (Lipinski definition) is 1. The Labute approximate surface area is 103 Å². The van der Waals surface area contributed by atoms with Crippen molar-refractivity contribution in [1.82, 2.24) is 9.78 Å². The van der Waals surface area contributed by atoms with Gasteiger partial charge in [0.25, 0.3) is 6.43 Å². The van der Waals surface area contributed by atoms with Gasteiger partial charge in [0.15, 0.2) is 0 Å². The molecule has 0 unspecified atom stereocenters. The van der Waals surface area contributed by atoms with Crippen LogP contribution >= 0.6 is 0 Å². The number of hydrogen-bond acceptors (Lipinski definition) is 3. The summed E-state index contributed by atoms with van der Waals surface area (Å²) in [7, 11) is 3.14. The molecule has 0 fully saturated rings. The van der Waals surface area contributed by atoms with Gasteiger partial charge in [0, 0.05) is 24.2 Å². The number of alkyl halides is 2. The predicted octanol–water partition coefficient (Wildman–Crippen LogP) is 2.62. The number of ether oxygens (including phenoxy) is 1. The molecule has 2 rings (SSSR count). The van der Waals surface area contributed by atoms with E-state index in [9.17, 15) is 8.78 Å². The minimum absolute atomic E-state index is 0.0838. The maximum atomic E-state index is 12.6.